The number of aliphatic hydroxyl groups is 1. The fourth-order valence-electron chi connectivity index (χ4n) is 4.28. The van der Waals surface area contributed by atoms with E-state index in [1.807, 2.05) is 0 Å². The Morgan fingerprint density at radius 3 is 2.51 bits per heavy atom. The van der Waals surface area contributed by atoms with Gasteiger partial charge in [0.25, 0.3) is 5.91 Å². The first-order valence-corrected chi connectivity index (χ1v) is 13.3. The van der Waals surface area contributed by atoms with E-state index < -0.39 is 47.5 Å². The average Bonchev–Trinajstić information content (AvgIpc) is 2.92. The van der Waals surface area contributed by atoms with Gasteiger partial charge in [-0.15, -0.1) is 0 Å². The van der Waals surface area contributed by atoms with Crippen molar-refractivity contribution in [3.63, 3.8) is 0 Å². The molecule has 0 saturated heterocycles. The lowest BCUT2D eigenvalue weighted by atomic mass is 9.87. The minimum absolute atomic E-state index is 0.00545. The molecule has 0 aliphatic heterocycles. The summed E-state index contributed by atoms with van der Waals surface area (Å²) >= 11 is 0. The van der Waals surface area contributed by atoms with Gasteiger partial charge in [-0.05, 0) is 69.4 Å². The molecular formula is C29H36FN5O6. The molecule has 41 heavy (non-hydrogen) atoms. The number of ether oxygens (including phenoxy) is 2. The first-order valence-electron chi connectivity index (χ1n) is 13.3. The van der Waals surface area contributed by atoms with Crippen LogP contribution < -0.4 is 16.8 Å². The van der Waals surface area contributed by atoms with Crippen LogP contribution in [0.4, 0.5) is 9.18 Å². The average molecular weight is 570 g/mol. The highest BCUT2D eigenvalue weighted by atomic mass is 19.1. The quantitative estimate of drug-likeness (QED) is 0.212. The number of rotatable bonds is 14. The first kappa shape index (κ1) is 31.4. The van der Waals surface area contributed by atoms with Crippen molar-refractivity contribution < 1.29 is 33.4 Å². The van der Waals surface area contributed by atoms with Crippen LogP contribution in [0.3, 0.4) is 0 Å². The Kier molecular flexibility index (Phi) is 11.1. The van der Waals surface area contributed by atoms with Crippen molar-refractivity contribution in [1.29, 1.82) is 0 Å². The molecule has 0 spiro atoms. The van der Waals surface area contributed by atoms with Gasteiger partial charge in [0.1, 0.15) is 24.2 Å². The summed E-state index contributed by atoms with van der Waals surface area (Å²) in [4.78, 5) is 47.0. The maximum Gasteiger partial charge on any atom is 0.508 e. The van der Waals surface area contributed by atoms with Crippen molar-refractivity contribution in [3.05, 3.63) is 71.8 Å². The molecule has 1 aromatic heterocycles. The van der Waals surface area contributed by atoms with Crippen molar-refractivity contribution in [3.8, 4) is 0 Å². The topological polar surface area (TPSA) is 180 Å². The molecular weight excluding hydrogens is 533 g/mol. The number of aromatic nitrogens is 2. The summed E-state index contributed by atoms with van der Waals surface area (Å²) in [6.07, 6.45) is -0.539. The molecule has 6 N–H and O–H groups in total. The van der Waals surface area contributed by atoms with E-state index in [0.29, 0.717) is 16.6 Å². The first-order chi connectivity index (χ1) is 19.4. The van der Waals surface area contributed by atoms with Crippen LogP contribution in [0.5, 0.6) is 0 Å². The van der Waals surface area contributed by atoms with E-state index in [2.05, 4.69) is 15.3 Å². The number of primary amides is 1. The summed E-state index contributed by atoms with van der Waals surface area (Å²) in [6, 6.07) is 11.8. The van der Waals surface area contributed by atoms with Gasteiger partial charge in [-0.25, -0.2) is 14.2 Å². The number of carbonyl (C=O) groups excluding carboxylic acids is 3. The normalized spacial score (nSPS) is 13.7. The van der Waals surface area contributed by atoms with Gasteiger partial charge in [-0.2, -0.15) is 0 Å². The monoisotopic (exact) mass is 569 g/mol. The number of nitrogens with one attached hydrogen (secondary N) is 1. The van der Waals surface area contributed by atoms with Crippen molar-refractivity contribution in [2.24, 2.45) is 17.4 Å². The number of halogens is 1. The Morgan fingerprint density at radius 1 is 1.12 bits per heavy atom. The maximum atomic E-state index is 14.1. The molecule has 0 aliphatic carbocycles. The van der Waals surface area contributed by atoms with Crippen LogP contribution in [0.1, 0.15) is 49.2 Å². The Bertz CT molecular complexity index is 1350. The second kappa shape index (κ2) is 14.5. The van der Waals surface area contributed by atoms with E-state index in [1.54, 1.807) is 44.2 Å². The lowest BCUT2D eigenvalue weighted by Gasteiger charge is -2.30. The van der Waals surface area contributed by atoms with Gasteiger partial charge >= 0.3 is 6.16 Å². The minimum Gasteiger partial charge on any atom is -0.433 e. The maximum absolute atomic E-state index is 14.1. The zero-order valence-electron chi connectivity index (χ0n) is 23.1. The predicted octanol–water partition coefficient (Wildman–Crippen LogP) is 2.63. The molecule has 0 radical (unpaired) electrons. The van der Waals surface area contributed by atoms with Crippen LogP contribution in [-0.4, -0.2) is 63.9 Å². The Hall–Kier alpha value is -4.16. The van der Waals surface area contributed by atoms with Gasteiger partial charge < -0.3 is 31.4 Å². The summed E-state index contributed by atoms with van der Waals surface area (Å²) in [5.74, 6) is -2.62. The fourth-order valence-corrected chi connectivity index (χ4v) is 4.28. The van der Waals surface area contributed by atoms with E-state index >= 15 is 0 Å². The van der Waals surface area contributed by atoms with Gasteiger partial charge in [0.05, 0.1) is 28.9 Å². The molecule has 220 valence electrons. The van der Waals surface area contributed by atoms with Crippen LogP contribution in [0.2, 0.25) is 0 Å². The third kappa shape index (κ3) is 10.1. The molecule has 0 aliphatic rings. The van der Waals surface area contributed by atoms with Gasteiger partial charge in [-0.1, -0.05) is 24.3 Å². The SMILES string of the molecule is CC(C)(O)CCC(CC(OC(=O)OCCN)C(Cc1cccc(F)c1)NC(=O)c1cnc2ccccc2n1)C(N)=O. The molecule has 2 aromatic carbocycles. The zero-order chi connectivity index (χ0) is 30.0. The number of nitrogens with two attached hydrogens (primary N) is 2. The van der Waals surface area contributed by atoms with Gasteiger partial charge in [0.15, 0.2) is 0 Å². The molecule has 3 unspecified atom stereocenters. The molecule has 3 aromatic rings. The summed E-state index contributed by atoms with van der Waals surface area (Å²) < 4.78 is 24.7. The van der Waals surface area contributed by atoms with Crippen LogP contribution in [0.25, 0.3) is 11.0 Å². The highest BCUT2D eigenvalue weighted by Crippen LogP contribution is 2.24. The predicted molar refractivity (Wildman–Crippen MR) is 149 cm³/mol. The molecule has 2 amide bonds. The fraction of sp³-hybridized carbons (Fsp3) is 0.414. The highest BCUT2D eigenvalue weighted by molar-refractivity contribution is 5.94. The smallest absolute Gasteiger partial charge is 0.433 e. The Balaban J connectivity index is 1.96. The van der Waals surface area contributed by atoms with Crippen LogP contribution in [-0.2, 0) is 20.7 Å². The molecule has 11 nitrogen and oxygen atoms in total. The number of hydrogen-bond donors (Lipinski definition) is 4. The summed E-state index contributed by atoms with van der Waals surface area (Å²) in [5.41, 5.74) is 11.6. The van der Waals surface area contributed by atoms with Crippen LogP contribution in [0, 0.1) is 11.7 Å². The third-order valence-corrected chi connectivity index (χ3v) is 6.40. The second-order valence-corrected chi connectivity index (χ2v) is 10.4. The Morgan fingerprint density at radius 2 is 1.85 bits per heavy atom. The van der Waals surface area contributed by atoms with Crippen molar-refractivity contribution >= 4 is 29.0 Å². The lowest BCUT2D eigenvalue weighted by molar-refractivity contribution is -0.123. The van der Waals surface area contributed by atoms with Gasteiger partial charge in [0, 0.05) is 12.5 Å². The number of benzene rings is 2. The standard InChI is InChI=1S/C29H36FN5O6/c1-29(2,39)11-10-19(26(32)36)16-25(41-28(38)40-13-12-31)23(15-18-6-5-7-20(30)14-18)35-27(37)24-17-33-21-8-3-4-9-22(21)34-24/h3-9,14,17,19,23,25,39H,10-13,15-16,31H2,1-2H3,(H2,32,36)(H,35,37). The van der Waals surface area contributed by atoms with Crippen LogP contribution >= 0.6 is 0 Å². The molecule has 12 heteroatoms. The van der Waals surface area contributed by atoms with E-state index in [4.69, 9.17) is 20.9 Å². The summed E-state index contributed by atoms with van der Waals surface area (Å²) in [5, 5.41) is 13.0. The number of amides is 2. The lowest BCUT2D eigenvalue weighted by Crippen LogP contribution is -2.48. The minimum atomic E-state index is -1.14. The van der Waals surface area contributed by atoms with Gasteiger partial charge in [-0.3, -0.25) is 14.6 Å². The number of carbonyl (C=O) groups is 3. The number of nitrogens with zero attached hydrogens (tertiary/aromatic N) is 2. The third-order valence-electron chi connectivity index (χ3n) is 6.40. The summed E-state index contributed by atoms with van der Waals surface area (Å²) in [7, 11) is 0. The van der Waals surface area contributed by atoms with Gasteiger partial charge in [0.2, 0.25) is 5.91 Å². The Labute approximate surface area is 237 Å². The molecule has 3 rings (SSSR count). The zero-order valence-corrected chi connectivity index (χ0v) is 23.1. The van der Waals surface area contributed by atoms with E-state index in [9.17, 15) is 23.9 Å². The van der Waals surface area contributed by atoms with Crippen molar-refractivity contribution in [2.45, 2.75) is 57.3 Å². The van der Waals surface area contributed by atoms with Crippen LogP contribution in [0.15, 0.2) is 54.7 Å². The van der Waals surface area contributed by atoms with Crippen molar-refractivity contribution in [1.82, 2.24) is 15.3 Å². The molecule has 0 bridgehead atoms. The molecule has 0 fully saturated rings. The molecule has 0 saturated carbocycles. The summed E-state index contributed by atoms with van der Waals surface area (Å²) in [6.45, 7) is 3.14. The molecule has 3 atom stereocenters. The highest BCUT2D eigenvalue weighted by Gasteiger charge is 2.33. The largest absolute Gasteiger partial charge is 0.508 e. The number of hydrogen-bond acceptors (Lipinski definition) is 9. The number of fused-ring (bicyclic) bond motifs is 1. The molecule has 1 heterocycles. The van der Waals surface area contributed by atoms with E-state index in [0.717, 1.165) is 0 Å². The number of para-hydroxylation sites is 2. The van der Waals surface area contributed by atoms with E-state index in [1.165, 1.54) is 24.4 Å². The van der Waals surface area contributed by atoms with Crippen molar-refractivity contribution in [2.75, 3.05) is 13.2 Å². The second-order valence-electron chi connectivity index (χ2n) is 10.4. The van der Waals surface area contributed by atoms with E-state index in [-0.39, 0.29) is 44.5 Å².